The Morgan fingerprint density at radius 3 is 2.47 bits per heavy atom. The largest absolute Gasteiger partial charge is 0.462 e. The average molecular weight is 272 g/mol. The van der Waals surface area contributed by atoms with E-state index in [4.69, 9.17) is 9.47 Å². The van der Waals surface area contributed by atoms with Crippen LogP contribution in [0.15, 0.2) is 0 Å². The Bertz CT molecular complexity index is 431. The third kappa shape index (κ3) is 1.81. The Labute approximate surface area is 111 Å². The Morgan fingerprint density at radius 1 is 1.37 bits per heavy atom. The minimum absolute atomic E-state index is 0.176. The summed E-state index contributed by atoms with van der Waals surface area (Å²) < 4.78 is 10.5. The lowest BCUT2D eigenvalue weighted by molar-refractivity contribution is -0.232. The summed E-state index contributed by atoms with van der Waals surface area (Å²) in [6.45, 7) is 6.30. The summed E-state index contributed by atoms with van der Waals surface area (Å²) in [5.41, 5.74) is -3.91. The van der Waals surface area contributed by atoms with E-state index in [9.17, 15) is 19.8 Å². The van der Waals surface area contributed by atoms with Gasteiger partial charge in [-0.2, -0.15) is 0 Å². The van der Waals surface area contributed by atoms with Crippen molar-refractivity contribution < 1.29 is 29.3 Å². The minimum Gasteiger partial charge on any atom is -0.462 e. The molecular weight excluding hydrogens is 252 g/mol. The van der Waals surface area contributed by atoms with Gasteiger partial charge in [-0.3, -0.25) is 9.59 Å². The van der Waals surface area contributed by atoms with Gasteiger partial charge in [-0.05, 0) is 13.3 Å². The summed E-state index contributed by atoms with van der Waals surface area (Å²) in [6, 6.07) is 0. The van der Waals surface area contributed by atoms with E-state index in [1.165, 1.54) is 6.92 Å². The number of ether oxygens (including phenoxy) is 2. The zero-order valence-electron chi connectivity index (χ0n) is 11.6. The number of aliphatic hydroxyl groups is 2. The number of hydrogen-bond acceptors (Lipinski definition) is 6. The van der Waals surface area contributed by atoms with Crippen LogP contribution in [-0.2, 0) is 19.1 Å². The summed E-state index contributed by atoms with van der Waals surface area (Å²) in [6.07, 6.45) is -1.57. The number of rotatable bonds is 1. The number of ketones is 1. The van der Waals surface area contributed by atoms with Crippen LogP contribution >= 0.6 is 0 Å². The van der Waals surface area contributed by atoms with E-state index in [0.29, 0.717) is 6.42 Å². The van der Waals surface area contributed by atoms with Crippen LogP contribution in [0.1, 0.15) is 40.5 Å². The Morgan fingerprint density at radius 2 is 1.95 bits per heavy atom. The maximum Gasteiger partial charge on any atom is 0.302 e. The minimum atomic E-state index is -1.78. The van der Waals surface area contributed by atoms with Gasteiger partial charge in [0.15, 0.2) is 5.60 Å². The second-order valence-electron chi connectivity index (χ2n) is 6.30. The van der Waals surface area contributed by atoms with E-state index in [-0.39, 0.29) is 6.42 Å². The van der Waals surface area contributed by atoms with Gasteiger partial charge in [0, 0.05) is 18.8 Å². The second-order valence-corrected chi connectivity index (χ2v) is 6.30. The van der Waals surface area contributed by atoms with E-state index in [1.54, 1.807) is 20.8 Å². The lowest BCUT2D eigenvalue weighted by atomic mass is 9.57. The highest BCUT2D eigenvalue weighted by molar-refractivity contribution is 5.94. The van der Waals surface area contributed by atoms with E-state index >= 15 is 0 Å². The van der Waals surface area contributed by atoms with E-state index < -0.39 is 40.8 Å². The van der Waals surface area contributed by atoms with Crippen molar-refractivity contribution >= 4 is 11.8 Å². The highest BCUT2D eigenvalue weighted by Crippen LogP contribution is 2.55. The maximum absolute atomic E-state index is 12.1. The van der Waals surface area contributed by atoms with Gasteiger partial charge < -0.3 is 19.7 Å². The van der Waals surface area contributed by atoms with Gasteiger partial charge in [-0.15, -0.1) is 0 Å². The molecule has 2 aliphatic rings. The molecule has 1 aliphatic carbocycles. The number of hydrogen-bond donors (Lipinski definition) is 2. The van der Waals surface area contributed by atoms with Gasteiger partial charge in [0.25, 0.3) is 0 Å². The van der Waals surface area contributed by atoms with Crippen LogP contribution in [0.4, 0.5) is 0 Å². The highest BCUT2D eigenvalue weighted by atomic mass is 16.6. The van der Waals surface area contributed by atoms with Crippen LogP contribution in [0.25, 0.3) is 0 Å². The summed E-state index contributed by atoms with van der Waals surface area (Å²) in [5, 5.41) is 20.4. The lowest BCUT2D eigenvalue weighted by Crippen LogP contribution is -2.67. The fourth-order valence-electron chi connectivity index (χ4n) is 3.61. The number of carbonyl (C=O) groups excluding carboxylic acids is 2. The Kier molecular flexibility index (Phi) is 3.04. The van der Waals surface area contributed by atoms with Crippen molar-refractivity contribution in [2.45, 2.75) is 64.1 Å². The molecule has 0 aromatic carbocycles. The van der Waals surface area contributed by atoms with E-state index in [0.717, 1.165) is 0 Å². The van der Waals surface area contributed by atoms with Crippen LogP contribution in [-0.4, -0.2) is 45.6 Å². The number of Topliss-reactive ketones (excluding diaryl/α,β-unsaturated/α-hetero) is 1. The molecule has 0 spiro atoms. The first-order valence-electron chi connectivity index (χ1n) is 6.33. The molecule has 0 radical (unpaired) electrons. The van der Waals surface area contributed by atoms with Crippen molar-refractivity contribution in [3.05, 3.63) is 0 Å². The Balaban J connectivity index is 2.40. The fraction of sp³-hybridized carbons (Fsp3) is 0.846. The first-order chi connectivity index (χ1) is 8.53. The molecule has 1 unspecified atom stereocenters. The molecule has 19 heavy (non-hydrogen) atoms. The number of fused-ring (bicyclic) bond motifs is 1. The van der Waals surface area contributed by atoms with Gasteiger partial charge in [-0.1, -0.05) is 13.8 Å². The average Bonchev–Trinajstić information content (AvgIpc) is 2.38. The predicted octanol–water partition coefficient (Wildman–Crippen LogP) is 0.146. The smallest absolute Gasteiger partial charge is 0.302 e. The molecule has 6 heteroatoms. The molecule has 2 N–H and O–H groups in total. The summed E-state index contributed by atoms with van der Waals surface area (Å²) in [4.78, 5) is 23.2. The standard InChI is InChI=1S/C13H20O6/c1-7(14)18-8-5-11(2,3)13(17)9(15)10(16)19-12(13,4)6-8/h8,10,16-17H,5-6H2,1-4H3/t8?,10-,12+,13+/m1/s1. The fourth-order valence-corrected chi connectivity index (χ4v) is 3.61. The van der Waals surface area contributed by atoms with Crippen molar-refractivity contribution in [1.29, 1.82) is 0 Å². The molecule has 0 bridgehead atoms. The van der Waals surface area contributed by atoms with Crippen LogP contribution < -0.4 is 0 Å². The highest BCUT2D eigenvalue weighted by Gasteiger charge is 2.72. The van der Waals surface area contributed by atoms with Gasteiger partial charge in [0.1, 0.15) is 11.7 Å². The first kappa shape index (κ1) is 14.4. The van der Waals surface area contributed by atoms with Crippen molar-refractivity contribution in [3.63, 3.8) is 0 Å². The quantitative estimate of drug-likeness (QED) is 0.660. The SMILES string of the molecule is CC(=O)OC1CC(C)(C)[C@@]2(O)C(=O)[C@H](O)O[C@@]2(C)C1. The lowest BCUT2D eigenvalue weighted by Gasteiger charge is -2.52. The van der Waals surface area contributed by atoms with Crippen LogP contribution in [0.5, 0.6) is 0 Å². The monoisotopic (exact) mass is 272 g/mol. The third-order valence-corrected chi connectivity index (χ3v) is 4.39. The zero-order chi connectivity index (χ0) is 14.6. The van der Waals surface area contributed by atoms with Gasteiger partial charge >= 0.3 is 5.97 Å². The third-order valence-electron chi connectivity index (χ3n) is 4.39. The molecule has 1 saturated carbocycles. The Hall–Kier alpha value is -0.980. The normalized spacial score (nSPS) is 44.8. The number of esters is 1. The molecule has 108 valence electrons. The molecule has 2 fully saturated rings. The summed E-state index contributed by atoms with van der Waals surface area (Å²) in [5.74, 6) is -1.14. The molecule has 1 aliphatic heterocycles. The number of carbonyl (C=O) groups is 2. The topological polar surface area (TPSA) is 93.1 Å². The van der Waals surface area contributed by atoms with Crippen LogP contribution in [0.3, 0.4) is 0 Å². The predicted molar refractivity (Wildman–Crippen MR) is 64.0 cm³/mol. The first-order valence-corrected chi connectivity index (χ1v) is 6.33. The van der Waals surface area contributed by atoms with E-state index in [1.807, 2.05) is 0 Å². The van der Waals surface area contributed by atoms with Gasteiger partial charge in [0.2, 0.25) is 12.1 Å². The molecule has 0 aromatic heterocycles. The van der Waals surface area contributed by atoms with Gasteiger partial charge in [-0.25, -0.2) is 0 Å². The van der Waals surface area contributed by atoms with E-state index in [2.05, 4.69) is 0 Å². The molecule has 4 atom stereocenters. The number of aliphatic hydroxyl groups excluding tert-OH is 1. The van der Waals surface area contributed by atoms with Crippen molar-refractivity contribution in [2.75, 3.05) is 0 Å². The zero-order valence-corrected chi connectivity index (χ0v) is 11.6. The second kappa shape index (κ2) is 4.01. The summed E-state index contributed by atoms with van der Waals surface area (Å²) in [7, 11) is 0. The molecule has 1 saturated heterocycles. The van der Waals surface area contributed by atoms with Crippen LogP contribution in [0, 0.1) is 5.41 Å². The molecule has 2 rings (SSSR count). The van der Waals surface area contributed by atoms with Crippen molar-refractivity contribution in [2.24, 2.45) is 5.41 Å². The molecule has 1 heterocycles. The molecular formula is C13H20O6. The van der Waals surface area contributed by atoms with Crippen molar-refractivity contribution in [3.8, 4) is 0 Å². The maximum atomic E-state index is 12.1. The summed E-state index contributed by atoms with van der Waals surface area (Å²) >= 11 is 0. The molecule has 0 aromatic rings. The van der Waals surface area contributed by atoms with Gasteiger partial charge in [0.05, 0.1) is 0 Å². The molecule has 6 nitrogen and oxygen atoms in total. The van der Waals surface area contributed by atoms with Crippen LogP contribution in [0.2, 0.25) is 0 Å². The van der Waals surface area contributed by atoms with Crippen molar-refractivity contribution in [1.82, 2.24) is 0 Å². The molecule has 0 amide bonds.